The van der Waals surface area contributed by atoms with Gasteiger partial charge in [0, 0.05) is 28.6 Å². The highest BCUT2D eigenvalue weighted by molar-refractivity contribution is 9.10. The summed E-state index contributed by atoms with van der Waals surface area (Å²) in [5.74, 6) is -0.163. The summed E-state index contributed by atoms with van der Waals surface area (Å²) in [5.41, 5.74) is 3.21. The molecular formula is C19H18BrN3O2. The number of pyridine rings is 1. The van der Waals surface area contributed by atoms with Gasteiger partial charge >= 0.3 is 0 Å². The van der Waals surface area contributed by atoms with Gasteiger partial charge < -0.3 is 15.0 Å². The van der Waals surface area contributed by atoms with Crippen molar-refractivity contribution in [1.29, 1.82) is 0 Å². The van der Waals surface area contributed by atoms with Gasteiger partial charge in [-0.2, -0.15) is 0 Å². The van der Waals surface area contributed by atoms with E-state index in [1.807, 2.05) is 24.3 Å². The van der Waals surface area contributed by atoms with Crippen LogP contribution in [0.5, 0.6) is 0 Å². The molecular weight excluding hydrogens is 382 g/mol. The summed E-state index contributed by atoms with van der Waals surface area (Å²) in [6, 6.07) is 11.4. The van der Waals surface area contributed by atoms with Crippen molar-refractivity contribution < 1.29 is 9.53 Å². The van der Waals surface area contributed by atoms with E-state index >= 15 is 0 Å². The maximum absolute atomic E-state index is 12.4. The number of nitrogens with zero attached hydrogens (tertiary/aromatic N) is 1. The number of anilines is 1. The number of aromatic amines is 1. The third-order valence-corrected chi connectivity index (χ3v) is 5.07. The van der Waals surface area contributed by atoms with Crippen LogP contribution in [-0.4, -0.2) is 28.6 Å². The molecule has 3 aromatic rings. The molecule has 1 saturated heterocycles. The number of ether oxygens (including phenoxy) is 1. The van der Waals surface area contributed by atoms with Crippen LogP contribution in [0.25, 0.3) is 11.0 Å². The number of rotatable bonds is 4. The molecule has 1 amide bonds. The van der Waals surface area contributed by atoms with E-state index in [-0.39, 0.29) is 5.91 Å². The van der Waals surface area contributed by atoms with Gasteiger partial charge in [0.05, 0.1) is 23.6 Å². The minimum absolute atomic E-state index is 0.163. The van der Waals surface area contributed by atoms with Crippen LogP contribution < -0.4 is 5.32 Å². The van der Waals surface area contributed by atoms with Crippen LogP contribution in [0.2, 0.25) is 0 Å². The Morgan fingerprint density at radius 3 is 3.04 bits per heavy atom. The Morgan fingerprint density at radius 1 is 1.36 bits per heavy atom. The van der Waals surface area contributed by atoms with Gasteiger partial charge in [-0.3, -0.25) is 4.79 Å². The third-order valence-electron chi connectivity index (χ3n) is 4.37. The molecule has 0 radical (unpaired) electrons. The fraction of sp³-hybridized carbons (Fsp3) is 0.263. The molecule has 4 rings (SSSR count). The predicted octanol–water partition coefficient (Wildman–Crippen LogP) is 4.30. The average Bonchev–Trinajstić information content (AvgIpc) is 3.24. The zero-order valence-corrected chi connectivity index (χ0v) is 15.2. The number of fused-ring (bicyclic) bond motifs is 1. The van der Waals surface area contributed by atoms with Crippen LogP contribution in [0.3, 0.4) is 0 Å². The summed E-state index contributed by atoms with van der Waals surface area (Å²) in [6.07, 6.45) is 5.07. The summed E-state index contributed by atoms with van der Waals surface area (Å²) in [6.45, 7) is 0.856. The van der Waals surface area contributed by atoms with Gasteiger partial charge in [-0.15, -0.1) is 0 Å². The van der Waals surface area contributed by atoms with Gasteiger partial charge in [-0.1, -0.05) is 12.1 Å². The maximum Gasteiger partial charge on any atom is 0.256 e. The zero-order valence-electron chi connectivity index (χ0n) is 13.6. The molecule has 6 heteroatoms. The molecule has 1 aliphatic rings. The van der Waals surface area contributed by atoms with Crippen LogP contribution in [-0.2, 0) is 11.2 Å². The van der Waals surface area contributed by atoms with E-state index in [0.29, 0.717) is 17.4 Å². The first-order valence-corrected chi connectivity index (χ1v) is 9.13. The van der Waals surface area contributed by atoms with Crippen molar-refractivity contribution in [1.82, 2.24) is 9.97 Å². The largest absolute Gasteiger partial charge is 0.378 e. The summed E-state index contributed by atoms with van der Waals surface area (Å²) in [7, 11) is 0. The number of H-pyrrole nitrogens is 1. The van der Waals surface area contributed by atoms with Crippen LogP contribution in [0.15, 0.2) is 47.1 Å². The topological polar surface area (TPSA) is 67.0 Å². The fourth-order valence-electron chi connectivity index (χ4n) is 3.14. The molecule has 0 unspecified atom stereocenters. The van der Waals surface area contributed by atoms with E-state index in [4.69, 9.17) is 4.74 Å². The van der Waals surface area contributed by atoms with E-state index in [2.05, 4.69) is 37.3 Å². The second kappa shape index (κ2) is 6.98. The monoisotopic (exact) mass is 399 g/mol. The first kappa shape index (κ1) is 16.3. The molecule has 128 valence electrons. The van der Waals surface area contributed by atoms with E-state index in [9.17, 15) is 4.79 Å². The van der Waals surface area contributed by atoms with Crippen molar-refractivity contribution in [2.45, 2.75) is 25.4 Å². The van der Waals surface area contributed by atoms with Crippen molar-refractivity contribution in [2.24, 2.45) is 0 Å². The number of hydrogen-bond donors (Lipinski definition) is 2. The van der Waals surface area contributed by atoms with Crippen LogP contribution in [0.4, 0.5) is 5.69 Å². The summed E-state index contributed by atoms with van der Waals surface area (Å²) < 4.78 is 6.45. The van der Waals surface area contributed by atoms with Crippen LogP contribution in [0.1, 0.15) is 28.9 Å². The highest BCUT2D eigenvalue weighted by Crippen LogP contribution is 2.23. The Morgan fingerprint density at radius 2 is 2.24 bits per heavy atom. The minimum atomic E-state index is -0.163. The number of carbonyl (C=O) groups excluding carboxylic acids is 1. The van der Waals surface area contributed by atoms with E-state index < -0.39 is 0 Å². The first-order valence-electron chi connectivity index (χ1n) is 8.34. The molecule has 2 aromatic heterocycles. The first-order chi connectivity index (χ1) is 12.2. The number of hydrogen-bond acceptors (Lipinski definition) is 3. The molecule has 2 N–H and O–H groups in total. The van der Waals surface area contributed by atoms with E-state index in [0.717, 1.165) is 47.1 Å². The molecule has 0 bridgehead atoms. The molecule has 0 spiro atoms. The van der Waals surface area contributed by atoms with E-state index in [1.54, 1.807) is 12.3 Å². The Bertz CT molecular complexity index is 916. The summed E-state index contributed by atoms with van der Waals surface area (Å²) in [5, 5.41) is 3.89. The second-order valence-electron chi connectivity index (χ2n) is 6.23. The third kappa shape index (κ3) is 3.60. The minimum Gasteiger partial charge on any atom is -0.378 e. The predicted molar refractivity (Wildman–Crippen MR) is 101 cm³/mol. The molecule has 1 aliphatic heterocycles. The van der Waals surface area contributed by atoms with Gasteiger partial charge in [0.1, 0.15) is 5.65 Å². The van der Waals surface area contributed by atoms with Gasteiger partial charge in [-0.05, 0) is 53.0 Å². The van der Waals surface area contributed by atoms with Gasteiger partial charge in [0.2, 0.25) is 0 Å². The van der Waals surface area contributed by atoms with Crippen molar-refractivity contribution in [3.8, 4) is 0 Å². The second-order valence-corrected chi connectivity index (χ2v) is 7.08. The molecule has 1 fully saturated rings. The summed E-state index contributed by atoms with van der Waals surface area (Å²) in [4.78, 5) is 20.2. The van der Waals surface area contributed by atoms with Gasteiger partial charge in [0.25, 0.3) is 5.91 Å². The number of benzene rings is 1. The number of carbonyl (C=O) groups is 1. The standard InChI is InChI=1S/C19H18BrN3O2/c20-17-6-2-1-5-16(17)19(24)23-14-9-12-8-13(22-18(12)21-11-14)10-15-4-3-7-25-15/h1-2,5-6,8-9,11,15H,3-4,7,10H2,(H,21,22)(H,23,24)/t15-/m1/s1. The van der Waals surface area contributed by atoms with Crippen molar-refractivity contribution in [3.05, 3.63) is 58.3 Å². The Labute approximate surface area is 153 Å². The summed E-state index contributed by atoms with van der Waals surface area (Å²) >= 11 is 3.40. The molecule has 0 aliphatic carbocycles. The van der Waals surface area contributed by atoms with E-state index in [1.165, 1.54) is 0 Å². The van der Waals surface area contributed by atoms with Crippen molar-refractivity contribution in [2.75, 3.05) is 11.9 Å². The van der Waals surface area contributed by atoms with Crippen LogP contribution >= 0.6 is 15.9 Å². The maximum atomic E-state index is 12.4. The van der Waals surface area contributed by atoms with Gasteiger partial charge in [0.15, 0.2) is 0 Å². The lowest BCUT2D eigenvalue weighted by Gasteiger charge is -2.06. The molecule has 0 saturated carbocycles. The van der Waals surface area contributed by atoms with Gasteiger partial charge in [-0.25, -0.2) is 4.98 Å². The lowest BCUT2D eigenvalue weighted by Crippen LogP contribution is -2.12. The Kier molecular flexibility index (Phi) is 4.55. The number of amides is 1. The number of aromatic nitrogens is 2. The molecule has 5 nitrogen and oxygen atoms in total. The smallest absolute Gasteiger partial charge is 0.256 e. The lowest BCUT2D eigenvalue weighted by molar-refractivity contribution is 0.102. The van der Waals surface area contributed by atoms with Crippen molar-refractivity contribution in [3.63, 3.8) is 0 Å². The lowest BCUT2D eigenvalue weighted by atomic mass is 10.1. The highest BCUT2D eigenvalue weighted by Gasteiger charge is 2.17. The zero-order chi connectivity index (χ0) is 17.2. The normalized spacial score (nSPS) is 17.1. The Balaban J connectivity index is 1.52. The van der Waals surface area contributed by atoms with Crippen LogP contribution in [0, 0.1) is 0 Å². The SMILES string of the molecule is O=C(Nc1cnc2[nH]c(C[C@H]3CCCO3)cc2c1)c1ccccc1Br. The highest BCUT2D eigenvalue weighted by atomic mass is 79.9. The quantitative estimate of drug-likeness (QED) is 0.686. The molecule has 1 atom stereocenters. The van der Waals surface area contributed by atoms with Crippen molar-refractivity contribution >= 4 is 38.6 Å². The Hall–Kier alpha value is -2.18. The molecule has 1 aromatic carbocycles. The molecule has 3 heterocycles. The average molecular weight is 400 g/mol. The number of halogens is 1. The fourth-order valence-corrected chi connectivity index (χ4v) is 3.61. The number of nitrogens with one attached hydrogen (secondary N) is 2. The molecule has 25 heavy (non-hydrogen) atoms.